The molecule has 0 spiro atoms. The van der Waals surface area contributed by atoms with Crippen molar-refractivity contribution < 1.29 is 32.5 Å². The fourth-order valence-corrected chi connectivity index (χ4v) is 6.85. The van der Waals surface area contributed by atoms with E-state index in [2.05, 4.69) is 25.6 Å². The quantitative estimate of drug-likeness (QED) is 0.0682. The molecule has 0 radical (unpaired) electrons. The Balaban J connectivity index is 2.07. The Morgan fingerprint density at radius 3 is 2.35 bits per heavy atom. The van der Waals surface area contributed by atoms with E-state index in [-0.39, 0.29) is 17.9 Å². The van der Waals surface area contributed by atoms with Gasteiger partial charge in [-0.1, -0.05) is 17.7 Å². The summed E-state index contributed by atoms with van der Waals surface area (Å²) in [6.07, 6.45) is 1.39. The van der Waals surface area contributed by atoms with Crippen LogP contribution in [-0.4, -0.2) is 76.7 Å². The number of nitrogens with zero attached hydrogens (tertiary/aromatic N) is 1. The molecule has 0 aliphatic carbocycles. The van der Waals surface area contributed by atoms with Crippen molar-refractivity contribution in [2.24, 2.45) is 4.90 Å². The molecule has 0 bridgehead atoms. The molecule has 1 atom stereocenters. The number of guanidine groups is 1. The normalized spacial score (nSPS) is 12.7. The maximum atomic E-state index is 13.4. The third-order valence-corrected chi connectivity index (χ3v) is 8.70. The summed E-state index contributed by atoms with van der Waals surface area (Å²) in [5.74, 6) is -0.940. The number of benzene rings is 1. The van der Waals surface area contributed by atoms with Crippen LogP contribution in [0.5, 0.6) is 0 Å². The van der Waals surface area contributed by atoms with E-state index in [9.17, 15) is 27.7 Å². The van der Waals surface area contributed by atoms with Crippen LogP contribution in [0, 0.1) is 20.8 Å². The van der Waals surface area contributed by atoms with Gasteiger partial charge in [0.05, 0.1) is 4.90 Å². The van der Waals surface area contributed by atoms with Crippen molar-refractivity contribution in [1.82, 2.24) is 20.7 Å². The van der Waals surface area contributed by atoms with Crippen molar-refractivity contribution in [2.45, 2.75) is 77.7 Å². The first-order chi connectivity index (χ1) is 20.0. The predicted molar refractivity (Wildman–Crippen MR) is 169 cm³/mol. The molecule has 1 heterocycles. The van der Waals surface area contributed by atoms with Crippen molar-refractivity contribution >= 4 is 53.4 Å². The van der Waals surface area contributed by atoms with Gasteiger partial charge in [0, 0.05) is 6.54 Å². The molecule has 5 N–H and O–H groups in total. The van der Waals surface area contributed by atoms with E-state index in [1.54, 1.807) is 52.8 Å². The summed E-state index contributed by atoms with van der Waals surface area (Å²) >= 11 is 1.28. The number of carbonyl (C=O) groups is 2. The number of hydrogen-bond acceptors (Lipinski definition) is 9. The van der Waals surface area contributed by atoms with Crippen molar-refractivity contribution in [3.8, 4) is 0 Å². The Kier molecular flexibility index (Phi) is 13.5. The number of carbonyl (C=O) groups excluding carboxylic acids is 2. The molecule has 43 heavy (non-hydrogen) atoms. The number of esters is 1. The monoisotopic (exact) mass is 633 g/mol. The second-order valence-corrected chi connectivity index (χ2v) is 13.9. The fourth-order valence-electron chi connectivity index (χ4n) is 4.25. The van der Waals surface area contributed by atoms with Gasteiger partial charge in [-0.25, -0.2) is 8.42 Å². The van der Waals surface area contributed by atoms with Crippen molar-refractivity contribution in [1.29, 1.82) is 0 Å². The zero-order chi connectivity index (χ0) is 32.4. The number of rotatable bonds is 14. The molecule has 0 fully saturated rings. The number of sulfonamides is 1. The van der Waals surface area contributed by atoms with Gasteiger partial charge in [0.1, 0.15) is 11.6 Å². The van der Waals surface area contributed by atoms with Gasteiger partial charge in [0.15, 0.2) is 0 Å². The molecular weight excluding hydrogens is 592 g/mol. The van der Waals surface area contributed by atoms with Gasteiger partial charge >= 0.3 is 133 Å². The van der Waals surface area contributed by atoms with Crippen molar-refractivity contribution in [3.63, 3.8) is 0 Å². The second-order valence-electron chi connectivity index (χ2n) is 11.1. The standard InChI is InChI=1S/C27H41B2N5O7S2/c1-17-13-18(2)23(19(3)14-17)43(39,40)34-21(25(36)41-27(4,5)6)15-31-24(35)22-11-10-20(42-22)9-8-12-30-26(32-16-28-37)33-29(7)38/h10-11,13-14,21,34,38H,8-9,12,15-16H2,1-7H3,(H,31,35)(H2,30,32,33). The van der Waals surface area contributed by atoms with Gasteiger partial charge in [-0.05, 0) is 52.7 Å². The molecule has 0 aliphatic rings. The molecule has 1 aromatic carbocycles. The number of aryl methyl sites for hydroxylation is 4. The average molecular weight is 633 g/mol. The van der Waals surface area contributed by atoms with Gasteiger partial charge in [-0.2, -0.15) is 4.72 Å². The molecule has 2 rings (SSSR count). The van der Waals surface area contributed by atoms with Gasteiger partial charge < -0.3 is 4.74 Å². The zero-order valence-corrected chi connectivity index (χ0v) is 27.4. The third kappa shape index (κ3) is 12.2. The van der Waals surface area contributed by atoms with Crippen LogP contribution in [0.1, 0.15) is 58.4 Å². The Hall–Kier alpha value is -3.07. The van der Waals surface area contributed by atoms with Gasteiger partial charge in [-0.15, -0.1) is 0 Å². The predicted octanol–water partition coefficient (Wildman–Crippen LogP) is 1.68. The van der Waals surface area contributed by atoms with E-state index >= 15 is 0 Å². The number of hydrogen-bond donors (Lipinski definition) is 5. The molecule has 1 amide bonds. The van der Waals surface area contributed by atoms with E-state index < -0.39 is 40.6 Å². The number of nitrogens with one attached hydrogen (secondary N) is 4. The van der Waals surface area contributed by atoms with Gasteiger partial charge in [0.2, 0.25) is 10.0 Å². The van der Waals surface area contributed by atoms with E-state index in [1.807, 2.05) is 13.0 Å². The van der Waals surface area contributed by atoms with Crippen LogP contribution < -0.4 is 20.7 Å². The van der Waals surface area contributed by atoms with E-state index in [0.717, 1.165) is 10.4 Å². The molecule has 2 aromatic rings. The van der Waals surface area contributed by atoms with Crippen molar-refractivity contribution in [3.05, 3.63) is 50.7 Å². The van der Waals surface area contributed by atoms with Crippen LogP contribution in [0.3, 0.4) is 0 Å². The fraction of sp³-hybridized carbons (Fsp3) is 0.519. The topological polar surface area (TPSA) is 175 Å². The third-order valence-electron chi connectivity index (χ3n) is 5.78. The first kappa shape index (κ1) is 36.1. The Labute approximate surface area is 258 Å². The SMILES string of the molecule is CB(O)/N=C(/NCB=O)NCCCc1ccc(C(=O)NCC(NS(=O)(=O)c2c(C)cc(C)cc2C)C(=O)OC(C)(C)C)s1. The summed E-state index contributed by atoms with van der Waals surface area (Å²) in [4.78, 5) is 31.4. The molecule has 0 saturated carbocycles. The summed E-state index contributed by atoms with van der Waals surface area (Å²) in [6.45, 7) is 12.0. The molecule has 0 saturated heterocycles. The number of amides is 1. The van der Waals surface area contributed by atoms with E-state index in [4.69, 9.17) is 4.74 Å². The number of thiophene rings is 1. The minimum atomic E-state index is -4.13. The molecule has 1 unspecified atom stereocenters. The summed E-state index contributed by atoms with van der Waals surface area (Å²) < 4.78 is 45.3. The Bertz CT molecular complexity index is 1400. The van der Waals surface area contributed by atoms with E-state index in [0.29, 0.717) is 48.5 Å². The van der Waals surface area contributed by atoms with Crippen LogP contribution in [0.25, 0.3) is 0 Å². The van der Waals surface area contributed by atoms with Gasteiger partial charge in [0.25, 0.3) is 0 Å². The Morgan fingerprint density at radius 2 is 1.77 bits per heavy atom. The summed E-state index contributed by atoms with van der Waals surface area (Å²) in [5, 5.41) is 17.9. The first-order valence-electron chi connectivity index (χ1n) is 13.9. The van der Waals surface area contributed by atoms with Crippen LogP contribution in [0.2, 0.25) is 6.82 Å². The molecule has 234 valence electrons. The van der Waals surface area contributed by atoms with Crippen molar-refractivity contribution in [2.75, 3.05) is 19.5 Å². The average Bonchev–Trinajstić information content (AvgIpc) is 3.34. The van der Waals surface area contributed by atoms with Crippen LogP contribution in [-0.2, 0) is 30.7 Å². The molecular formula is C27H41B2N5O7S2. The summed E-state index contributed by atoms with van der Waals surface area (Å²) in [5.41, 5.74) is 1.13. The molecule has 1 aromatic heterocycles. The maximum absolute atomic E-state index is 13.4. The van der Waals surface area contributed by atoms with Crippen LogP contribution >= 0.6 is 11.3 Å². The number of ether oxygens (including phenoxy) is 1. The minimum absolute atomic E-state index is 0.0589. The molecule has 16 heteroatoms. The summed E-state index contributed by atoms with van der Waals surface area (Å²) in [6, 6.07) is 5.64. The second kappa shape index (κ2) is 16.1. The first-order valence-corrected chi connectivity index (χ1v) is 16.2. The van der Waals surface area contributed by atoms with E-state index in [1.165, 1.54) is 18.2 Å². The molecule has 12 nitrogen and oxygen atoms in total. The summed E-state index contributed by atoms with van der Waals surface area (Å²) in [7, 11) is -4.37. The zero-order valence-electron chi connectivity index (χ0n) is 25.7. The molecule has 0 aliphatic heterocycles. The Morgan fingerprint density at radius 1 is 1.12 bits per heavy atom. The van der Waals surface area contributed by atoms with Crippen LogP contribution in [0.4, 0.5) is 0 Å². The van der Waals surface area contributed by atoms with Crippen LogP contribution in [0.15, 0.2) is 34.1 Å². The van der Waals surface area contributed by atoms with Gasteiger partial charge in [-0.3, -0.25) is 4.79 Å².